The summed E-state index contributed by atoms with van der Waals surface area (Å²) < 4.78 is 0. The van der Waals surface area contributed by atoms with Crippen LogP contribution < -0.4 is 0 Å². The Bertz CT molecular complexity index is 939. The predicted octanol–water partition coefficient (Wildman–Crippen LogP) is 4.86. The molecule has 146 valence electrons. The second kappa shape index (κ2) is 8.38. The lowest BCUT2D eigenvalue weighted by Gasteiger charge is -2.22. The van der Waals surface area contributed by atoms with E-state index in [4.69, 9.17) is 23.2 Å². The fourth-order valence-corrected chi connectivity index (χ4v) is 3.82. The lowest BCUT2D eigenvalue weighted by molar-refractivity contribution is -0.138. The Morgan fingerprint density at radius 1 is 1.00 bits per heavy atom. The third-order valence-electron chi connectivity index (χ3n) is 4.54. The quantitative estimate of drug-likeness (QED) is 0.631. The molecular weight excluding hydrogens is 395 g/mol. The maximum absolute atomic E-state index is 13.2. The van der Waals surface area contributed by atoms with Crippen molar-refractivity contribution in [1.29, 1.82) is 0 Å². The fourth-order valence-electron chi connectivity index (χ4n) is 3.32. The molecule has 0 bridgehead atoms. The van der Waals surface area contributed by atoms with Gasteiger partial charge in [-0.15, -0.1) is 0 Å². The third kappa shape index (κ3) is 4.08. The van der Waals surface area contributed by atoms with Crippen LogP contribution in [-0.4, -0.2) is 35.2 Å². The van der Waals surface area contributed by atoms with Crippen LogP contribution in [-0.2, 0) is 16.1 Å². The van der Waals surface area contributed by atoms with E-state index < -0.39 is 0 Å². The lowest BCUT2D eigenvalue weighted by atomic mass is 10.0. The molecule has 0 spiro atoms. The molecule has 2 aromatic carbocycles. The molecule has 2 amide bonds. The van der Waals surface area contributed by atoms with E-state index in [0.717, 1.165) is 5.56 Å². The van der Waals surface area contributed by atoms with Crippen LogP contribution in [0.2, 0.25) is 10.0 Å². The van der Waals surface area contributed by atoms with Gasteiger partial charge in [0.25, 0.3) is 11.8 Å². The van der Waals surface area contributed by atoms with Crippen molar-refractivity contribution in [3.05, 3.63) is 75.4 Å². The largest absolute Gasteiger partial charge is 0.365 e. The molecule has 28 heavy (non-hydrogen) atoms. The summed E-state index contributed by atoms with van der Waals surface area (Å²) in [5.41, 5.74) is 2.25. The van der Waals surface area contributed by atoms with Crippen molar-refractivity contribution in [1.82, 2.24) is 9.80 Å². The van der Waals surface area contributed by atoms with E-state index in [2.05, 4.69) is 0 Å². The maximum Gasteiger partial charge on any atom is 0.277 e. The van der Waals surface area contributed by atoms with Gasteiger partial charge in [0.05, 0.1) is 10.6 Å². The van der Waals surface area contributed by atoms with E-state index in [1.54, 1.807) is 18.2 Å². The standard InChI is InChI=1S/C22H22Cl2N2O2/c1-14(2)12-26-21(27)19(17-10-9-16(23)11-18(17)24)20(22(26)28)25(3)13-15-7-5-4-6-8-15/h4-11,14H,12-13H2,1-3H3. The highest BCUT2D eigenvalue weighted by Gasteiger charge is 2.41. The summed E-state index contributed by atoms with van der Waals surface area (Å²) in [6.07, 6.45) is 0. The Morgan fingerprint density at radius 3 is 2.29 bits per heavy atom. The first-order valence-corrected chi connectivity index (χ1v) is 9.86. The van der Waals surface area contributed by atoms with E-state index >= 15 is 0 Å². The highest BCUT2D eigenvalue weighted by atomic mass is 35.5. The van der Waals surface area contributed by atoms with Gasteiger partial charge in [-0.05, 0) is 23.6 Å². The first-order valence-electron chi connectivity index (χ1n) is 9.10. The Kier molecular flexibility index (Phi) is 6.11. The average Bonchev–Trinajstić information content (AvgIpc) is 2.87. The molecule has 0 atom stereocenters. The number of benzene rings is 2. The molecule has 0 radical (unpaired) electrons. The fraction of sp³-hybridized carbons (Fsp3) is 0.273. The van der Waals surface area contributed by atoms with E-state index in [1.165, 1.54) is 4.90 Å². The smallest absolute Gasteiger partial charge is 0.277 e. The zero-order valence-corrected chi connectivity index (χ0v) is 17.6. The number of nitrogens with zero attached hydrogens (tertiary/aromatic N) is 2. The van der Waals surface area contributed by atoms with Crippen LogP contribution in [0, 0.1) is 5.92 Å². The average molecular weight is 417 g/mol. The second-order valence-electron chi connectivity index (χ2n) is 7.30. The number of imide groups is 1. The minimum atomic E-state index is -0.321. The SMILES string of the molecule is CC(C)CN1C(=O)C(c2ccc(Cl)cc2Cl)=C(N(C)Cc2ccccc2)C1=O. The molecule has 4 nitrogen and oxygen atoms in total. The summed E-state index contributed by atoms with van der Waals surface area (Å²) in [6.45, 7) is 4.80. The molecule has 0 N–H and O–H groups in total. The zero-order chi connectivity index (χ0) is 20.4. The minimum absolute atomic E-state index is 0.161. The number of halogens is 2. The molecule has 3 rings (SSSR count). The number of carbonyl (C=O) groups is 2. The van der Waals surface area contributed by atoms with Crippen molar-refractivity contribution < 1.29 is 9.59 Å². The summed E-state index contributed by atoms with van der Waals surface area (Å²) in [6, 6.07) is 14.8. The van der Waals surface area contributed by atoms with Crippen molar-refractivity contribution in [2.75, 3.05) is 13.6 Å². The number of hydrogen-bond donors (Lipinski definition) is 0. The normalized spacial score (nSPS) is 14.4. The number of carbonyl (C=O) groups excluding carboxylic acids is 2. The van der Waals surface area contributed by atoms with Gasteiger partial charge in [-0.2, -0.15) is 0 Å². The highest BCUT2D eigenvalue weighted by Crippen LogP contribution is 2.36. The molecule has 0 unspecified atom stereocenters. The van der Waals surface area contributed by atoms with E-state index in [0.29, 0.717) is 40.0 Å². The Balaban J connectivity index is 2.08. The Labute approximate surface area is 175 Å². The van der Waals surface area contributed by atoms with Crippen molar-refractivity contribution in [3.8, 4) is 0 Å². The monoisotopic (exact) mass is 416 g/mol. The minimum Gasteiger partial charge on any atom is -0.365 e. The van der Waals surface area contributed by atoms with Gasteiger partial charge in [0, 0.05) is 30.7 Å². The number of rotatable bonds is 6. The molecule has 1 aliphatic heterocycles. The van der Waals surface area contributed by atoms with Crippen LogP contribution in [0.5, 0.6) is 0 Å². The summed E-state index contributed by atoms with van der Waals surface area (Å²) in [7, 11) is 1.82. The van der Waals surface area contributed by atoms with Crippen molar-refractivity contribution in [3.63, 3.8) is 0 Å². The topological polar surface area (TPSA) is 40.6 Å². The van der Waals surface area contributed by atoms with Crippen LogP contribution in [0.15, 0.2) is 54.2 Å². The lowest BCUT2D eigenvalue weighted by Crippen LogP contribution is -2.36. The number of hydrogen-bond acceptors (Lipinski definition) is 3. The first kappa shape index (κ1) is 20.4. The van der Waals surface area contributed by atoms with Crippen LogP contribution in [0.1, 0.15) is 25.0 Å². The molecule has 0 aliphatic carbocycles. The zero-order valence-electron chi connectivity index (χ0n) is 16.1. The van der Waals surface area contributed by atoms with Crippen LogP contribution in [0.25, 0.3) is 5.57 Å². The maximum atomic E-state index is 13.2. The van der Waals surface area contributed by atoms with Gasteiger partial charge in [0.2, 0.25) is 0 Å². The van der Waals surface area contributed by atoms with Crippen molar-refractivity contribution in [2.45, 2.75) is 20.4 Å². The summed E-state index contributed by atoms with van der Waals surface area (Å²) in [4.78, 5) is 29.5. The van der Waals surface area contributed by atoms with E-state index in [1.807, 2.05) is 56.1 Å². The molecule has 0 saturated heterocycles. The molecule has 6 heteroatoms. The number of likely N-dealkylation sites (N-methyl/N-ethyl adjacent to an activating group) is 1. The van der Waals surface area contributed by atoms with Crippen LogP contribution >= 0.6 is 23.2 Å². The molecule has 2 aromatic rings. The molecule has 0 fully saturated rings. The van der Waals surface area contributed by atoms with E-state index in [9.17, 15) is 9.59 Å². The highest BCUT2D eigenvalue weighted by molar-refractivity contribution is 6.41. The van der Waals surface area contributed by atoms with Gasteiger partial charge in [-0.3, -0.25) is 14.5 Å². The summed E-state index contributed by atoms with van der Waals surface area (Å²) in [5.74, 6) is -0.454. The van der Waals surface area contributed by atoms with Crippen molar-refractivity contribution in [2.24, 2.45) is 5.92 Å². The summed E-state index contributed by atoms with van der Waals surface area (Å²) in [5, 5.41) is 0.824. The van der Waals surface area contributed by atoms with Gasteiger partial charge < -0.3 is 4.90 Å². The predicted molar refractivity (Wildman–Crippen MR) is 113 cm³/mol. The number of amides is 2. The second-order valence-corrected chi connectivity index (χ2v) is 8.15. The molecule has 0 aromatic heterocycles. The van der Waals surface area contributed by atoms with Gasteiger partial charge in [-0.25, -0.2) is 0 Å². The molecule has 0 saturated carbocycles. The van der Waals surface area contributed by atoms with Gasteiger partial charge in [0.1, 0.15) is 5.70 Å². The van der Waals surface area contributed by atoms with E-state index in [-0.39, 0.29) is 17.7 Å². The van der Waals surface area contributed by atoms with Gasteiger partial charge in [0.15, 0.2) is 0 Å². The van der Waals surface area contributed by atoms with Crippen LogP contribution in [0.3, 0.4) is 0 Å². The Morgan fingerprint density at radius 2 is 1.68 bits per heavy atom. The Hall–Kier alpha value is -2.30. The van der Waals surface area contributed by atoms with Crippen LogP contribution in [0.4, 0.5) is 0 Å². The molecular formula is C22H22Cl2N2O2. The molecule has 1 aliphatic rings. The third-order valence-corrected chi connectivity index (χ3v) is 5.08. The molecule has 1 heterocycles. The summed E-state index contributed by atoms with van der Waals surface area (Å²) >= 11 is 12.4. The first-order chi connectivity index (χ1) is 13.3. The van der Waals surface area contributed by atoms with Gasteiger partial charge in [-0.1, -0.05) is 73.4 Å². The van der Waals surface area contributed by atoms with Gasteiger partial charge >= 0.3 is 0 Å². The van der Waals surface area contributed by atoms with Crippen molar-refractivity contribution >= 4 is 40.6 Å².